The molecule has 2 aromatic heterocycles. The van der Waals surface area contributed by atoms with Gasteiger partial charge >= 0.3 is 0 Å². The second-order valence-electron chi connectivity index (χ2n) is 5.93. The summed E-state index contributed by atoms with van der Waals surface area (Å²) in [5.41, 5.74) is 1.90. The minimum absolute atomic E-state index is 0.447. The molecule has 0 unspecified atom stereocenters. The maximum atomic E-state index is 6.18. The first-order valence-corrected chi connectivity index (χ1v) is 9.55. The minimum Gasteiger partial charge on any atom is -0.496 e. The fourth-order valence-corrected chi connectivity index (χ4v) is 3.41. The van der Waals surface area contributed by atoms with Crippen molar-refractivity contribution in [2.45, 2.75) is 17.3 Å². The number of nitrogens with two attached hydrogens (primary N) is 1. The Labute approximate surface area is 165 Å². The summed E-state index contributed by atoms with van der Waals surface area (Å²) in [6.07, 6.45) is 0.625. The summed E-state index contributed by atoms with van der Waals surface area (Å²) < 4.78 is 12.1. The highest BCUT2D eigenvalue weighted by Crippen LogP contribution is 2.30. The molecule has 142 valence electrons. The van der Waals surface area contributed by atoms with Crippen molar-refractivity contribution in [2.24, 2.45) is 0 Å². The second-order valence-corrected chi connectivity index (χ2v) is 6.87. The van der Waals surface area contributed by atoms with Gasteiger partial charge in [0.2, 0.25) is 11.0 Å². The van der Waals surface area contributed by atoms with Gasteiger partial charge in [0, 0.05) is 6.42 Å². The number of methoxy groups -OCH3 is 1. The van der Waals surface area contributed by atoms with E-state index in [-0.39, 0.29) is 0 Å². The van der Waals surface area contributed by atoms with Crippen LogP contribution in [0.3, 0.4) is 0 Å². The fraction of sp³-hybridized carbons (Fsp3) is 0.158. The predicted octanol–water partition coefficient (Wildman–Crippen LogP) is 2.93. The Morgan fingerprint density at radius 1 is 1.07 bits per heavy atom. The maximum absolute atomic E-state index is 6.18. The zero-order chi connectivity index (χ0) is 19.3. The fourth-order valence-electron chi connectivity index (χ4n) is 2.71. The molecule has 0 fully saturated rings. The summed E-state index contributed by atoms with van der Waals surface area (Å²) in [7, 11) is 1.61. The maximum Gasteiger partial charge on any atom is 0.237 e. The van der Waals surface area contributed by atoms with Crippen LogP contribution < -0.4 is 10.6 Å². The van der Waals surface area contributed by atoms with Crippen LogP contribution in [0.5, 0.6) is 5.75 Å². The molecule has 4 rings (SSSR count). The normalized spacial score (nSPS) is 10.9. The lowest BCUT2D eigenvalue weighted by atomic mass is 10.1. The van der Waals surface area contributed by atoms with Gasteiger partial charge in [-0.1, -0.05) is 59.4 Å². The number of thioether (sulfide) groups is 1. The molecule has 8 nitrogen and oxygen atoms in total. The van der Waals surface area contributed by atoms with Crippen LogP contribution >= 0.6 is 11.8 Å². The molecular formula is C19H18N6O2S. The van der Waals surface area contributed by atoms with Crippen LogP contribution in [0.1, 0.15) is 17.3 Å². The van der Waals surface area contributed by atoms with E-state index >= 15 is 0 Å². The number of benzene rings is 2. The molecule has 4 aromatic rings. The minimum atomic E-state index is 0.447. The van der Waals surface area contributed by atoms with Crippen molar-refractivity contribution < 1.29 is 9.26 Å². The molecule has 0 saturated carbocycles. The van der Waals surface area contributed by atoms with Gasteiger partial charge in [-0.2, -0.15) is 4.98 Å². The van der Waals surface area contributed by atoms with Crippen molar-refractivity contribution in [3.05, 3.63) is 71.9 Å². The molecular weight excluding hydrogens is 376 g/mol. The van der Waals surface area contributed by atoms with Crippen molar-refractivity contribution in [1.29, 1.82) is 0 Å². The van der Waals surface area contributed by atoms with E-state index in [9.17, 15) is 0 Å². The quantitative estimate of drug-likeness (QED) is 0.377. The Balaban J connectivity index is 1.44. The number of rotatable bonds is 7. The van der Waals surface area contributed by atoms with E-state index in [1.165, 1.54) is 16.4 Å². The third kappa shape index (κ3) is 3.84. The molecule has 0 aliphatic rings. The Bertz CT molecular complexity index is 1060. The summed E-state index contributed by atoms with van der Waals surface area (Å²) in [6.45, 7) is 0. The van der Waals surface area contributed by atoms with Crippen molar-refractivity contribution >= 4 is 11.8 Å². The lowest BCUT2D eigenvalue weighted by Crippen LogP contribution is -2.12. The van der Waals surface area contributed by atoms with Gasteiger partial charge in [0.25, 0.3) is 0 Å². The lowest BCUT2D eigenvalue weighted by Gasteiger charge is -2.07. The van der Waals surface area contributed by atoms with Crippen molar-refractivity contribution in [2.75, 3.05) is 13.0 Å². The predicted molar refractivity (Wildman–Crippen MR) is 105 cm³/mol. The average molecular weight is 394 g/mol. The zero-order valence-corrected chi connectivity index (χ0v) is 16.0. The third-order valence-corrected chi connectivity index (χ3v) is 4.98. The first-order valence-electron chi connectivity index (χ1n) is 8.56. The van der Waals surface area contributed by atoms with Crippen LogP contribution in [0.4, 0.5) is 0 Å². The van der Waals surface area contributed by atoms with Gasteiger partial charge in [-0.3, -0.25) is 0 Å². The van der Waals surface area contributed by atoms with E-state index in [2.05, 4.69) is 20.3 Å². The molecule has 2 heterocycles. The Kier molecular flexibility index (Phi) is 5.24. The molecule has 0 saturated heterocycles. The van der Waals surface area contributed by atoms with Gasteiger partial charge < -0.3 is 15.1 Å². The monoisotopic (exact) mass is 394 g/mol. The van der Waals surface area contributed by atoms with Gasteiger partial charge in [-0.05, 0) is 17.7 Å². The Morgan fingerprint density at radius 2 is 1.86 bits per heavy atom. The van der Waals surface area contributed by atoms with Crippen molar-refractivity contribution in [3.8, 4) is 17.1 Å². The Morgan fingerprint density at radius 3 is 2.68 bits per heavy atom. The first kappa shape index (κ1) is 18.1. The molecule has 0 atom stereocenters. The van der Waals surface area contributed by atoms with Gasteiger partial charge in [-0.25, -0.2) is 4.68 Å². The third-order valence-electron chi connectivity index (χ3n) is 4.05. The molecule has 0 spiro atoms. The molecule has 9 heteroatoms. The van der Waals surface area contributed by atoms with E-state index in [1.807, 2.05) is 54.6 Å². The van der Waals surface area contributed by atoms with Crippen molar-refractivity contribution in [1.82, 2.24) is 25.0 Å². The van der Waals surface area contributed by atoms with Crippen LogP contribution in [0.25, 0.3) is 11.4 Å². The van der Waals surface area contributed by atoms with Crippen LogP contribution in [0.2, 0.25) is 0 Å². The van der Waals surface area contributed by atoms with Crippen LogP contribution in [-0.4, -0.2) is 32.1 Å². The summed E-state index contributed by atoms with van der Waals surface area (Å²) >= 11 is 1.38. The number of para-hydroxylation sites is 1. The van der Waals surface area contributed by atoms with E-state index in [1.54, 1.807) is 7.11 Å². The lowest BCUT2D eigenvalue weighted by molar-refractivity contribution is 0.385. The summed E-state index contributed by atoms with van der Waals surface area (Å²) in [6, 6.07) is 17.5. The molecule has 2 aromatic carbocycles. The number of aromatic nitrogens is 5. The number of ether oxygens (including phenoxy) is 1. The molecule has 28 heavy (non-hydrogen) atoms. The molecule has 0 aliphatic carbocycles. The standard InChI is InChI=1S/C19H18N6O2S/c1-26-15-10-6-5-9-14(15)18-22-23-19(25(18)20)28-12-17-21-16(24-27-17)11-13-7-3-2-4-8-13/h2-10H,11-12,20H2,1H3. The van der Waals surface area contributed by atoms with Gasteiger partial charge in [-0.15, -0.1) is 10.2 Å². The summed E-state index contributed by atoms with van der Waals surface area (Å²) in [5, 5.41) is 12.9. The highest BCUT2D eigenvalue weighted by atomic mass is 32.2. The van der Waals surface area contributed by atoms with Crippen LogP contribution in [-0.2, 0) is 12.2 Å². The number of hydrogen-bond acceptors (Lipinski definition) is 8. The SMILES string of the molecule is COc1ccccc1-c1nnc(SCc2nc(Cc3ccccc3)no2)n1N. The molecule has 0 amide bonds. The average Bonchev–Trinajstić information content (AvgIpc) is 3.33. The number of nitrogen functional groups attached to an aromatic ring is 1. The molecule has 0 bridgehead atoms. The van der Waals surface area contributed by atoms with Gasteiger partial charge in [0.15, 0.2) is 11.6 Å². The summed E-state index contributed by atoms with van der Waals surface area (Å²) in [5.74, 6) is 8.99. The molecule has 2 N–H and O–H groups in total. The smallest absolute Gasteiger partial charge is 0.237 e. The van der Waals surface area contributed by atoms with E-state index in [0.717, 1.165) is 11.1 Å². The summed E-state index contributed by atoms with van der Waals surface area (Å²) in [4.78, 5) is 4.43. The van der Waals surface area contributed by atoms with Gasteiger partial charge in [0.1, 0.15) is 5.75 Å². The first-order chi connectivity index (χ1) is 13.7. The molecule has 0 aliphatic heterocycles. The van der Waals surface area contributed by atoms with E-state index < -0.39 is 0 Å². The second kappa shape index (κ2) is 8.13. The Hall–Kier alpha value is -3.33. The van der Waals surface area contributed by atoms with Gasteiger partial charge in [0.05, 0.1) is 18.4 Å². The van der Waals surface area contributed by atoms with Crippen LogP contribution in [0.15, 0.2) is 64.3 Å². The number of hydrogen-bond donors (Lipinski definition) is 1. The van der Waals surface area contributed by atoms with Crippen LogP contribution in [0, 0.1) is 0 Å². The molecule has 0 radical (unpaired) electrons. The zero-order valence-electron chi connectivity index (χ0n) is 15.1. The number of nitrogens with zero attached hydrogens (tertiary/aromatic N) is 5. The van der Waals surface area contributed by atoms with E-state index in [4.69, 9.17) is 15.1 Å². The highest BCUT2D eigenvalue weighted by molar-refractivity contribution is 7.98. The topological polar surface area (TPSA) is 105 Å². The largest absolute Gasteiger partial charge is 0.496 e. The van der Waals surface area contributed by atoms with E-state index in [0.29, 0.717) is 40.6 Å². The highest BCUT2D eigenvalue weighted by Gasteiger charge is 2.17. The van der Waals surface area contributed by atoms with Crippen molar-refractivity contribution in [3.63, 3.8) is 0 Å².